The van der Waals surface area contributed by atoms with E-state index in [0.717, 1.165) is 43.8 Å². The summed E-state index contributed by atoms with van der Waals surface area (Å²) in [6.45, 7) is 6.00. The maximum absolute atomic E-state index is 12.3. The highest BCUT2D eigenvalue weighted by atomic mass is 16.2. The third-order valence-electron chi connectivity index (χ3n) is 5.25. The molecule has 1 aliphatic rings. The van der Waals surface area contributed by atoms with E-state index < -0.39 is 0 Å². The molecule has 0 spiro atoms. The minimum Gasteiger partial charge on any atom is -0.368 e. The maximum atomic E-state index is 12.3. The average Bonchev–Trinajstić information content (AvgIpc) is 2.79. The van der Waals surface area contributed by atoms with E-state index >= 15 is 0 Å². The van der Waals surface area contributed by atoms with Crippen LogP contribution in [0.5, 0.6) is 0 Å². The van der Waals surface area contributed by atoms with Crippen LogP contribution in [0.25, 0.3) is 0 Å². The van der Waals surface area contributed by atoms with Gasteiger partial charge in [0.25, 0.3) is 11.5 Å². The van der Waals surface area contributed by atoms with Gasteiger partial charge in [-0.05, 0) is 24.6 Å². The standard InChI is InChI=1S/C22H24N6O2/c1-16-5-2-3-7-19(16)27-9-11-28(12-10-27)21-17(6-4-8-23-21)13-26-22(30)18-14-25-20(29)15-24-18/h2-8,14-15H,9-13H2,1H3,(H,25,29)(H,26,30). The predicted octanol–water partition coefficient (Wildman–Crippen LogP) is 1.73. The van der Waals surface area contributed by atoms with Crippen molar-refractivity contribution in [1.29, 1.82) is 0 Å². The van der Waals surface area contributed by atoms with E-state index in [2.05, 4.69) is 61.3 Å². The molecule has 1 aliphatic heterocycles. The number of para-hydroxylation sites is 1. The van der Waals surface area contributed by atoms with Gasteiger partial charge in [-0.1, -0.05) is 24.3 Å². The van der Waals surface area contributed by atoms with Crippen LogP contribution in [-0.2, 0) is 6.54 Å². The number of nitrogens with one attached hydrogen (secondary N) is 2. The molecule has 0 unspecified atom stereocenters. The Morgan fingerprint density at radius 1 is 1.07 bits per heavy atom. The summed E-state index contributed by atoms with van der Waals surface area (Å²) >= 11 is 0. The van der Waals surface area contributed by atoms with Crippen LogP contribution in [0.2, 0.25) is 0 Å². The predicted molar refractivity (Wildman–Crippen MR) is 116 cm³/mol. The van der Waals surface area contributed by atoms with Gasteiger partial charge in [0, 0.05) is 56.4 Å². The SMILES string of the molecule is Cc1ccccc1N1CCN(c2ncccc2CNC(=O)c2c[nH]c(=O)cn2)CC1. The van der Waals surface area contributed by atoms with Crippen LogP contribution in [0.4, 0.5) is 11.5 Å². The zero-order chi connectivity index (χ0) is 20.9. The van der Waals surface area contributed by atoms with Crippen LogP contribution in [0.3, 0.4) is 0 Å². The van der Waals surface area contributed by atoms with Crippen molar-refractivity contribution in [3.05, 3.63) is 82.2 Å². The molecule has 0 bridgehead atoms. The fraction of sp³-hybridized carbons (Fsp3) is 0.273. The molecule has 1 saturated heterocycles. The summed E-state index contributed by atoms with van der Waals surface area (Å²) in [7, 11) is 0. The molecule has 0 atom stereocenters. The summed E-state index contributed by atoms with van der Waals surface area (Å²) in [5.74, 6) is 0.544. The van der Waals surface area contributed by atoms with Crippen molar-refractivity contribution in [3.8, 4) is 0 Å². The second-order valence-electron chi connectivity index (χ2n) is 7.23. The second kappa shape index (κ2) is 8.77. The summed E-state index contributed by atoms with van der Waals surface area (Å²) in [5, 5.41) is 2.86. The fourth-order valence-corrected chi connectivity index (χ4v) is 3.66. The molecule has 0 aliphatic carbocycles. The number of H-pyrrole nitrogens is 1. The Morgan fingerprint density at radius 2 is 1.83 bits per heavy atom. The van der Waals surface area contributed by atoms with Gasteiger partial charge in [0.05, 0.1) is 6.20 Å². The number of amides is 1. The Bertz CT molecular complexity index is 1070. The first-order chi connectivity index (χ1) is 14.6. The van der Waals surface area contributed by atoms with E-state index in [9.17, 15) is 9.59 Å². The Hall–Kier alpha value is -3.68. The first-order valence-electron chi connectivity index (χ1n) is 9.94. The number of benzene rings is 1. The van der Waals surface area contributed by atoms with Gasteiger partial charge in [-0.3, -0.25) is 9.59 Å². The zero-order valence-corrected chi connectivity index (χ0v) is 16.8. The highest BCUT2D eigenvalue weighted by Gasteiger charge is 2.21. The summed E-state index contributed by atoms with van der Waals surface area (Å²) in [6, 6.07) is 12.3. The summed E-state index contributed by atoms with van der Waals surface area (Å²) in [4.78, 5) is 39.0. The molecule has 3 aromatic rings. The molecule has 2 N–H and O–H groups in total. The van der Waals surface area contributed by atoms with Crippen LogP contribution in [-0.4, -0.2) is 47.0 Å². The number of hydrogen-bond donors (Lipinski definition) is 2. The van der Waals surface area contributed by atoms with Crippen LogP contribution >= 0.6 is 0 Å². The summed E-state index contributed by atoms with van der Waals surface area (Å²) in [6.07, 6.45) is 4.18. The van der Waals surface area contributed by atoms with Crippen LogP contribution in [0.15, 0.2) is 59.8 Å². The molecule has 4 rings (SSSR count). The van der Waals surface area contributed by atoms with E-state index in [1.54, 1.807) is 6.20 Å². The molecule has 0 radical (unpaired) electrons. The third kappa shape index (κ3) is 4.32. The largest absolute Gasteiger partial charge is 0.368 e. The van der Waals surface area contributed by atoms with E-state index in [1.165, 1.54) is 17.4 Å². The monoisotopic (exact) mass is 404 g/mol. The minimum absolute atomic E-state index is 0.173. The molecule has 1 fully saturated rings. The normalized spacial score (nSPS) is 13.9. The number of anilines is 2. The minimum atomic E-state index is -0.342. The number of hydrogen-bond acceptors (Lipinski definition) is 6. The van der Waals surface area contributed by atoms with Crippen LogP contribution in [0.1, 0.15) is 21.6 Å². The number of piperazine rings is 1. The van der Waals surface area contributed by atoms with Gasteiger partial charge in [-0.15, -0.1) is 0 Å². The molecule has 1 amide bonds. The number of carbonyl (C=O) groups is 1. The molecule has 154 valence electrons. The van der Waals surface area contributed by atoms with Gasteiger partial charge in [0.1, 0.15) is 11.5 Å². The number of rotatable bonds is 5. The molecule has 30 heavy (non-hydrogen) atoms. The van der Waals surface area contributed by atoms with Crippen molar-refractivity contribution in [2.45, 2.75) is 13.5 Å². The van der Waals surface area contributed by atoms with Gasteiger partial charge in [-0.25, -0.2) is 9.97 Å². The summed E-state index contributed by atoms with van der Waals surface area (Å²) in [5.41, 5.74) is 3.33. The molecule has 3 heterocycles. The van der Waals surface area contributed by atoms with E-state index in [4.69, 9.17) is 0 Å². The maximum Gasteiger partial charge on any atom is 0.271 e. The van der Waals surface area contributed by atoms with Gasteiger partial charge >= 0.3 is 0 Å². The van der Waals surface area contributed by atoms with Crippen LogP contribution in [0, 0.1) is 6.92 Å². The smallest absolute Gasteiger partial charge is 0.271 e. The molecule has 0 saturated carbocycles. The lowest BCUT2D eigenvalue weighted by atomic mass is 10.1. The fourth-order valence-electron chi connectivity index (χ4n) is 3.66. The number of nitrogens with zero attached hydrogens (tertiary/aromatic N) is 4. The molecular weight excluding hydrogens is 380 g/mol. The first-order valence-corrected chi connectivity index (χ1v) is 9.94. The lowest BCUT2D eigenvalue weighted by molar-refractivity contribution is 0.0945. The third-order valence-corrected chi connectivity index (χ3v) is 5.25. The Kier molecular flexibility index (Phi) is 5.74. The van der Waals surface area contributed by atoms with Gasteiger partial charge < -0.3 is 20.1 Å². The van der Waals surface area contributed by atoms with E-state index in [0.29, 0.717) is 6.54 Å². The van der Waals surface area contributed by atoms with E-state index in [-0.39, 0.29) is 17.2 Å². The van der Waals surface area contributed by atoms with Crippen molar-refractivity contribution in [1.82, 2.24) is 20.3 Å². The Balaban J connectivity index is 1.41. The summed E-state index contributed by atoms with van der Waals surface area (Å²) < 4.78 is 0. The highest BCUT2D eigenvalue weighted by Crippen LogP contribution is 2.24. The second-order valence-corrected chi connectivity index (χ2v) is 7.23. The highest BCUT2D eigenvalue weighted by molar-refractivity contribution is 5.91. The van der Waals surface area contributed by atoms with Crippen molar-refractivity contribution in [3.63, 3.8) is 0 Å². The number of aromatic nitrogens is 3. The van der Waals surface area contributed by atoms with Gasteiger partial charge in [0.2, 0.25) is 0 Å². The molecular formula is C22H24N6O2. The Morgan fingerprint density at radius 3 is 2.57 bits per heavy atom. The average molecular weight is 404 g/mol. The first kappa shape index (κ1) is 19.6. The number of aromatic amines is 1. The van der Waals surface area contributed by atoms with Crippen molar-refractivity contribution in [2.24, 2.45) is 0 Å². The quantitative estimate of drug-likeness (QED) is 0.673. The van der Waals surface area contributed by atoms with Gasteiger partial charge in [-0.2, -0.15) is 0 Å². The number of aryl methyl sites for hydroxylation is 1. The lowest BCUT2D eigenvalue weighted by Crippen LogP contribution is -2.47. The van der Waals surface area contributed by atoms with Crippen molar-refractivity contribution in [2.75, 3.05) is 36.0 Å². The zero-order valence-electron chi connectivity index (χ0n) is 16.8. The molecule has 8 heteroatoms. The van der Waals surface area contributed by atoms with Crippen LogP contribution < -0.4 is 20.7 Å². The Labute approximate surface area is 174 Å². The molecule has 8 nitrogen and oxygen atoms in total. The topological polar surface area (TPSA) is 94.2 Å². The number of carbonyl (C=O) groups excluding carboxylic acids is 1. The molecule has 2 aromatic heterocycles. The number of pyridine rings is 1. The lowest BCUT2D eigenvalue weighted by Gasteiger charge is -2.38. The van der Waals surface area contributed by atoms with Crippen molar-refractivity contribution < 1.29 is 4.79 Å². The van der Waals surface area contributed by atoms with Gasteiger partial charge in [0.15, 0.2) is 0 Å². The molecule has 1 aromatic carbocycles. The van der Waals surface area contributed by atoms with Crippen molar-refractivity contribution >= 4 is 17.4 Å². The van der Waals surface area contributed by atoms with E-state index in [1.807, 2.05) is 12.1 Å².